The van der Waals surface area contributed by atoms with Crippen molar-refractivity contribution in [3.63, 3.8) is 0 Å². The van der Waals surface area contributed by atoms with Crippen LogP contribution in [0.3, 0.4) is 0 Å². The molecule has 1 heterocycles. The highest BCUT2D eigenvalue weighted by molar-refractivity contribution is 6.30. The first-order valence-corrected chi connectivity index (χ1v) is 13.3. The summed E-state index contributed by atoms with van der Waals surface area (Å²) in [5.74, 6) is -0.898. The Morgan fingerprint density at radius 2 is 1.79 bits per heavy atom. The molecule has 0 fully saturated rings. The van der Waals surface area contributed by atoms with Crippen LogP contribution < -0.4 is 24.4 Å². The zero-order valence-corrected chi connectivity index (χ0v) is 23.0. The van der Waals surface area contributed by atoms with Gasteiger partial charge < -0.3 is 29.5 Å². The molecule has 2 atom stereocenters. The molecule has 0 bridgehead atoms. The van der Waals surface area contributed by atoms with Gasteiger partial charge in [-0.2, -0.15) is 0 Å². The number of alkyl halides is 3. The molecule has 0 unspecified atom stereocenters. The standard InChI is InChI=1S/C30H26ClF3N2O6/c1-40-24-12-22(13-25(14-24)41-16-17-10-20(11-17)29(38)39)35-27(19-2-5-21(31)6-3-19)28(37)36-9-8-18-4-7-23(15-26(18)36)42-30(32,33)34/h2-7,10,12-15,17,27,35H,8-9,11,16H2,1H3,(H,38,39)/t17-,27+/m0/s1. The minimum atomic E-state index is -4.87. The summed E-state index contributed by atoms with van der Waals surface area (Å²) in [6, 6.07) is 14.7. The average molecular weight is 603 g/mol. The predicted octanol–water partition coefficient (Wildman–Crippen LogP) is 6.40. The number of halogens is 4. The highest BCUT2D eigenvalue weighted by Crippen LogP contribution is 2.37. The minimum absolute atomic E-state index is 0.0384. The summed E-state index contributed by atoms with van der Waals surface area (Å²) in [4.78, 5) is 26.5. The fraction of sp³-hybridized carbons (Fsp3) is 0.267. The summed E-state index contributed by atoms with van der Waals surface area (Å²) in [5.41, 5.74) is 2.47. The number of carbonyl (C=O) groups is 2. The number of carboxylic acids is 1. The van der Waals surface area contributed by atoms with E-state index in [0.717, 1.165) is 5.56 Å². The van der Waals surface area contributed by atoms with Gasteiger partial charge in [-0.1, -0.05) is 35.9 Å². The van der Waals surface area contributed by atoms with Gasteiger partial charge in [0, 0.05) is 53.0 Å². The molecule has 12 heteroatoms. The van der Waals surface area contributed by atoms with E-state index in [-0.39, 0.29) is 19.1 Å². The second-order valence-electron chi connectivity index (χ2n) is 9.88. The minimum Gasteiger partial charge on any atom is -0.497 e. The van der Waals surface area contributed by atoms with Crippen LogP contribution in [0, 0.1) is 5.92 Å². The number of nitrogens with one attached hydrogen (secondary N) is 1. The monoisotopic (exact) mass is 602 g/mol. The van der Waals surface area contributed by atoms with Gasteiger partial charge in [-0.25, -0.2) is 4.79 Å². The smallest absolute Gasteiger partial charge is 0.497 e. The number of nitrogens with zero attached hydrogens (tertiary/aromatic N) is 1. The number of methoxy groups -OCH3 is 1. The Labute approximate surface area is 244 Å². The third-order valence-electron chi connectivity index (χ3n) is 6.99. The molecule has 2 N–H and O–H groups in total. The van der Waals surface area contributed by atoms with E-state index in [1.165, 1.54) is 30.2 Å². The van der Waals surface area contributed by atoms with Gasteiger partial charge in [0.15, 0.2) is 0 Å². The van der Waals surface area contributed by atoms with Crippen molar-refractivity contribution >= 4 is 34.9 Å². The normalized spacial score (nSPS) is 16.5. The van der Waals surface area contributed by atoms with Gasteiger partial charge in [-0.3, -0.25) is 4.79 Å². The van der Waals surface area contributed by atoms with Crippen LogP contribution in [-0.4, -0.2) is 43.6 Å². The fourth-order valence-corrected chi connectivity index (χ4v) is 5.04. The van der Waals surface area contributed by atoms with E-state index >= 15 is 0 Å². The Hall–Kier alpha value is -4.38. The molecule has 0 saturated carbocycles. The van der Waals surface area contributed by atoms with Crippen LogP contribution in [0.2, 0.25) is 5.02 Å². The molecule has 1 aliphatic heterocycles. The Morgan fingerprint density at radius 3 is 2.45 bits per heavy atom. The lowest BCUT2D eigenvalue weighted by atomic mass is 9.87. The molecule has 0 aromatic heterocycles. The van der Waals surface area contributed by atoms with E-state index in [9.17, 15) is 22.8 Å². The van der Waals surface area contributed by atoms with Gasteiger partial charge in [-0.15, -0.1) is 13.2 Å². The van der Waals surface area contributed by atoms with Crippen molar-refractivity contribution in [3.05, 3.63) is 88.5 Å². The number of fused-ring (bicyclic) bond motifs is 1. The number of ether oxygens (including phenoxy) is 3. The van der Waals surface area contributed by atoms with Crippen molar-refractivity contribution in [2.45, 2.75) is 25.2 Å². The van der Waals surface area contributed by atoms with Crippen LogP contribution in [0.15, 0.2) is 72.3 Å². The number of carbonyl (C=O) groups excluding carboxylic acids is 1. The first kappa shape index (κ1) is 29.1. The van der Waals surface area contributed by atoms with E-state index in [0.29, 0.717) is 51.9 Å². The van der Waals surface area contributed by atoms with Gasteiger partial charge in [0.1, 0.15) is 23.3 Å². The molecule has 2 aliphatic rings. The molecule has 8 nitrogen and oxygen atoms in total. The van der Waals surface area contributed by atoms with Crippen molar-refractivity contribution in [1.29, 1.82) is 0 Å². The predicted molar refractivity (Wildman–Crippen MR) is 149 cm³/mol. The Balaban J connectivity index is 1.41. The maximum absolute atomic E-state index is 14.0. The van der Waals surface area contributed by atoms with Crippen LogP contribution in [0.25, 0.3) is 0 Å². The van der Waals surface area contributed by atoms with Gasteiger partial charge in [0.2, 0.25) is 0 Å². The van der Waals surface area contributed by atoms with Crippen LogP contribution in [0.1, 0.15) is 23.6 Å². The molecular formula is C30H26ClF3N2O6. The number of rotatable bonds is 10. The number of hydrogen-bond acceptors (Lipinski definition) is 6. The zero-order valence-electron chi connectivity index (χ0n) is 22.3. The topological polar surface area (TPSA) is 97.3 Å². The molecule has 1 amide bonds. The molecule has 0 radical (unpaired) electrons. The summed E-state index contributed by atoms with van der Waals surface area (Å²) >= 11 is 6.09. The molecule has 5 rings (SSSR count). The molecule has 220 valence electrons. The third kappa shape index (κ3) is 6.73. The summed E-state index contributed by atoms with van der Waals surface area (Å²) < 4.78 is 54.0. The number of benzene rings is 3. The molecule has 1 aliphatic carbocycles. The van der Waals surface area contributed by atoms with E-state index in [4.69, 9.17) is 26.2 Å². The molecule has 0 spiro atoms. The van der Waals surface area contributed by atoms with Gasteiger partial charge in [-0.05, 0) is 42.2 Å². The van der Waals surface area contributed by atoms with Gasteiger partial charge >= 0.3 is 12.3 Å². The van der Waals surface area contributed by atoms with Crippen molar-refractivity contribution in [2.24, 2.45) is 5.92 Å². The van der Waals surface area contributed by atoms with Crippen molar-refractivity contribution in [1.82, 2.24) is 0 Å². The maximum atomic E-state index is 14.0. The van der Waals surface area contributed by atoms with Crippen LogP contribution >= 0.6 is 11.6 Å². The number of amides is 1. The SMILES string of the molecule is COc1cc(N[C@@H](C(=O)N2CCc3ccc(OC(F)(F)F)cc32)c2ccc(Cl)cc2)cc(OC[C@H]2C=C(C(=O)O)C2)c1. The number of carboxylic acid groups (broad SMARTS) is 1. The number of aliphatic carboxylic acids is 1. The zero-order chi connectivity index (χ0) is 30.0. The molecule has 3 aromatic carbocycles. The summed E-state index contributed by atoms with van der Waals surface area (Å²) in [5, 5.41) is 12.8. The van der Waals surface area contributed by atoms with Crippen molar-refractivity contribution < 1.29 is 42.1 Å². The quantitative estimate of drug-likeness (QED) is 0.277. The average Bonchev–Trinajstić information content (AvgIpc) is 3.33. The third-order valence-corrected chi connectivity index (χ3v) is 7.24. The highest BCUT2D eigenvalue weighted by atomic mass is 35.5. The Kier molecular flexibility index (Phi) is 8.22. The van der Waals surface area contributed by atoms with Crippen LogP contribution in [0.5, 0.6) is 17.2 Å². The van der Waals surface area contributed by atoms with Crippen molar-refractivity contribution in [3.8, 4) is 17.2 Å². The number of hydrogen-bond donors (Lipinski definition) is 2. The van der Waals surface area contributed by atoms with E-state index < -0.39 is 30.0 Å². The summed E-state index contributed by atoms with van der Waals surface area (Å²) in [6.07, 6.45) is -2.34. The summed E-state index contributed by atoms with van der Waals surface area (Å²) in [7, 11) is 1.49. The van der Waals surface area contributed by atoms with Crippen LogP contribution in [-0.2, 0) is 16.0 Å². The largest absolute Gasteiger partial charge is 0.573 e. The Bertz CT molecular complexity index is 1530. The lowest BCUT2D eigenvalue weighted by Gasteiger charge is -2.27. The van der Waals surface area contributed by atoms with E-state index in [2.05, 4.69) is 10.1 Å². The van der Waals surface area contributed by atoms with E-state index in [1.54, 1.807) is 48.5 Å². The second-order valence-corrected chi connectivity index (χ2v) is 10.3. The Morgan fingerprint density at radius 1 is 1.07 bits per heavy atom. The van der Waals surface area contributed by atoms with Crippen LogP contribution in [0.4, 0.5) is 24.5 Å². The van der Waals surface area contributed by atoms with E-state index in [1.807, 2.05) is 0 Å². The molecule has 42 heavy (non-hydrogen) atoms. The number of anilines is 2. The van der Waals surface area contributed by atoms with Gasteiger partial charge in [0.25, 0.3) is 5.91 Å². The second kappa shape index (κ2) is 11.8. The fourth-order valence-electron chi connectivity index (χ4n) is 4.91. The molecule has 3 aromatic rings. The van der Waals surface area contributed by atoms with Gasteiger partial charge in [0.05, 0.1) is 19.4 Å². The highest BCUT2D eigenvalue weighted by Gasteiger charge is 2.35. The lowest BCUT2D eigenvalue weighted by molar-refractivity contribution is -0.274. The van der Waals surface area contributed by atoms with Crippen molar-refractivity contribution in [2.75, 3.05) is 30.5 Å². The molecule has 0 saturated heterocycles. The maximum Gasteiger partial charge on any atom is 0.573 e. The lowest BCUT2D eigenvalue weighted by Crippen LogP contribution is -2.37. The summed E-state index contributed by atoms with van der Waals surface area (Å²) in [6.45, 7) is 0.533. The molecular weight excluding hydrogens is 577 g/mol. The first-order valence-electron chi connectivity index (χ1n) is 13.0. The first-order chi connectivity index (χ1) is 20.0.